The molecule has 3 aliphatic rings. The van der Waals surface area contributed by atoms with Gasteiger partial charge >= 0.3 is 0 Å². The Hall–Kier alpha value is -13.5. The molecule has 0 N–H and O–H groups in total. The highest BCUT2D eigenvalue weighted by molar-refractivity contribution is 6.33. The molecule has 23 aromatic rings. The van der Waals surface area contributed by atoms with Crippen LogP contribution >= 0.6 is 0 Å². The number of fused-ring (bicyclic) bond motifs is 20. The Labute approximate surface area is 600 Å². The molecule has 478 valence electrons. The summed E-state index contributed by atoms with van der Waals surface area (Å²) < 4.78 is 0. The van der Waals surface area contributed by atoms with Crippen LogP contribution in [0.2, 0.25) is 0 Å². The highest BCUT2D eigenvalue weighted by Crippen LogP contribution is 2.53. The molecule has 0 unspecified atom stereocenters. The van der Waals surface area contributed by atoms with Gasteiger partial charge in [-0.2, -0.15) is 0 Å². The van der Waals surface area contributed by atoms with Gasteiger partial charge in [-0.15, -0.1) is 0 Å². The molecule has 0 heterocycles. The van der Waals surface area contributed by atoms with E-state index in [4.69, 9.17) is 0 Å². The number of benzene rings is 23. The molecule has 3 aliphatic carbocycles. The van der Waals surface area contributed by atoms with Crippen LogP contribution in [0.15, 0.2) is 376 Å². The van der Waals surface area contributed by atoms with E-state index in [9.17, 15) is 0 Å². The van der Waals surface area contributed by atoms with E-state index in [0.717, 1.165) is 0 Å². The fraction of sp³-hybridized carbons (Fsp3) is 0. The summed E-state index contributed by atoms with van der Waals surface area (Å²) in [7, 11) is 0. The molecule has 23 aromatic carbocycles. The molecule has 0 saturated heterocycles. The minimum atomic E-state index is 1.30. The third-order valence-corrected chi connectivity index (χ3v) is 22.9. The zero-order valence-electron chi connectivity index (χ0n) is 56.8. The van der Waals surface area contributed by atoms with Crippen LogP contribution in [-0.4, -0.2) is 0 Å². The standard InChI is InChI=1S/C22H12.C22H14.3C20H12/c1-2-7-17-16(6-1)18-11-10-14-9-8-13-4-3-5-15-12-19(17)22(18)21(14)20(13)15;1-3-7-19-15(5-1)9-11-17-14-22-18(13-21(17)19)12-10-16-6-2-4-8-20(16)22;1-2-6-15-12-19-17-10-4-8-13-7-3-9-16(20(13)17)18(19)11-14(15)5-1;1-2-7-14-13(6-1)12-19-16-9-4-3-8-15(16)18-11-5-10-17(14)20(18)19;1-2-7-17-15(4-1)12-16-9-8-13-5-3-6-14-10-11-18(17)20(16)19(13)14/h1-12H;1-14H;3*1-12H. The lowest BCUT2D eigenvalue weighted by Gasteiger charge is -2.12. The Bertz CT molecular complexity index is 7350. The zero-order chi connectivity index (χ0) is 68.1. The van der Waals surface area contributed by atoms with Crippen molar-refractivity contribution < 1.29 is 0 Å². The molecule has 26 rings (SSSR count). The van der Waals surface area contributed by atoms with E-state index in [1.54, 1.807) is 0 Å². The van der Waals surface area contributed by atoms with Crippen molar-refractivity contribution in [1.82, 2.24) is 0 Å². The maximum absolute atomic E-state index is 2.37. The van der Waals surface area contributed by atoms with Crippen molar-refractivity contribution in [3.8, 4) is 66.8 Å². The van der Waals surface area contributed by atoms with Crippen molar-refractivity contribution in [3.63, 3.8) is 0 Å². The fourth-order valence-corrected chi connectivity index (χ4v) is 18.3. The number of hydrogen-bond donors (Lipinski definition) is 0. The normalized spacial score (nSPS) is 12.0. The van der Waals surface area contributed by atoms with E-state index in [1.807, 2.05) is 0 Å². The predicted octanol–water partition coefficient (Wildman–Crippen LogP) is 29.5. The SMILES string of the molecule is c1ccc2c(c1)-c1ccc3ccc4cccc5cc-2c1c3c45.c1ccc2c(c1)-c1cccc3c1c-2cc1ccccc13.c1ccc2c(c1)cc1ccc3cccc4ccc2c1c34.c1ccc2c(c1)ccc1cc3c(ccc4ccccc43)cc12.c1ccc2cc3c(cc2c1)-c1cccc2cccc-3c12. The highest BCUT2D eigenvalue weighted by atomic mass is 14.3. The highest BCUT2D eigenvalue weighted by Gasteiger charge is 2.26. The van der Waals surface area contributed by atoms with Crippen LogP contribution in [0.4, 0.5) is 0 Å². The van der Waals surface area contributed by atoms with Crippen molar-refractivity contribution >= 4 is 162 Å². The monoisotopic (exact) mass is 1310 g/mol. The summed E-state index contributed by atoms with van der Waals surface area (Å²) in [5, 5.41) is 40.5. The smallest absolute Gasteiger partial charge is 0.00137 e. The van der Waals surface area contributed by atoms with E-state index in [0.29, 0.717) is 0 Å². The third-order valence-electron chi connectivity index (χ3n) is 22.9. The Morgan fingerprint density at radius 3 is 0.923 bits per heavy atom. The van der Waals surface area contributed by atoms with Gasteiger partial charge in [-0.25, -0.2) is 0 Å². The molecule has 0 atom stereocenters. The quantitative estimate of drug-likeness (QED) is 0.105. The van der Waals surface area contributed by atoms with Crippen LogP contribution in [0, 0.1) is 0 Å². The van der Waals surface area contributed by atoms with Crippen molar-refractivity contribution in [2.24, 2.45) is 0 Å². The minimum Gasteiger partial charge on any atom is -0.0616 e. The molecular weight excluding hydrogens is 1250 g/mol. The second kappa shape index (κ2) is 23.0. The Balaban J connectivity index is 0.0000000817. The summed E-state index contributed by atoms with van der Waals surface area (Å²) in [6, 6.07) is 137. The van der Waals surface area contributed by atoms with Crippen molar-refractivity contribution in [2.75, 3.05) is 0 Å². The average molecular weight is 1310 g/mol. The van der Waals surface area contributed by atoms with E-state index in [2.05, 4.69) is 376 Å². The van der Waals surface area contributed by atoms with Gasteiger partial charge in [0, 0.05) is 0 Å². The summed E-state index contributed by atoms with van der Waals surface area (Å²) in [4.78, 5) is 0. The van der Waals surface area contributed by atoms with Crippen LogP contribution in [0.3, 0.4) is 0 Å². The molecule has 0 nitrogen and oxygen atoms in total. The molecule has 104 heavy (non-hydrogen) atoms. The van der Waals surface area contributed by atoms with Crippen molar-refractivity contribution in [1.29, 1.82) is 0 Å². The molecular formula is C104H62. The first kappa shape index (κ1) is 58.3. The molecule has 0 aliphatic heterocycles. The lowest BCUT2D eigenvalue weighted by Crippen LogP contribution is -1.85. The first-order chi connectivity index (χ1) is 51.6. The second-order valence-corrected chi connectivity index (χ2v) is 28.4. The lowest BCUT2D eigenvalue weighted by molar-refractivity contribution is 1.70. The van der Waals surface area contributed by atoms with Gasteiger partial charge in [0.25, 0.3) is 0 Å². The Morgan fingerprint density at radius 1 is 0.0865 bits per heavy atom. The summed E-state index contributed by atoms with van der Waals surface area (Å²) in [5.74, 6) is 0. The Morgan fingerprint density at radius 2 is 0.365 bits per heavy atom. The largest absolute Gasteiger partial charge is 0.0616 e. The molecule has 0 heteroatoms. The van der Waals surface area contributed by atoms with Gasteiger partial charge in [0.1, 0.15) is 0 Å². The summed E-state index contributed by atoms with van der Waals surface area (Å²) in [6.45, 7) is 0. The number of hydrogen-bond acceptors (Lipinski definition) is 0. The first-order valence-electron chi connectivity index (χ1n) is 36.3. The van der Waals surface area contributed by atoms with E-state index >= 15 is 0 Å². The average Bonchev–Trinajstić information content (AvgIpc) is 1.44. The van der Waals surface area contributed by atoms with Gasteiger partial charge in [-0.3, -0.25) is 0 Å². The van der Waals surface area contributed by atoms with Crippen LogP contribution in [0.1, 0.15) is 0 Å². The molecule has 0 saturated carbocycles. The molecule has 0 aromatic heterocycles. The predicted molar refractivity (Wildman–Crippen MR) is 450 cm³/mol. The van der Waals surface area contributed by atoms with Crippen LogP contribution in [0.5, 0.6) is 0 Å². The third kappa shape index (κ3) is 8.92. The maximum atomic E-state index is 2.37. The molecule has 0 spiro atoms. The maximum Gasteiger partial charge on any atom is -0.00137 e. The summed E-state index contributed by atoms with van der Waals surface area (Å²) in [6.07, 6.45) is 0. The van der Waals surface area contributed by atoms with Crippen LogP contribution in [-0.2, 0) is 0 Å². The summed E-state index contributed by atoms with van der Waals surface area (Å²) in [5.41, 5.74) is 16.5. The van der Waals surface area contributed by atoms with Gasteiger partial charge < -0.3 is 0 Å². The van der Waals surface area contributed by atoms with Crippen LogP contribution < -0.4 is 0 Å². The van der Waals surface area contributed by atoms with Crippen LogP contribution in [0.25, 0.3) is 228 Å². The van der Waals surface area contributed by atoms with Gasteiger partial charge in [-0.1, -0.05) is 334 Å². The van der Waals surface area contributed by atoms with E-state index in [-0.39, 0.29) is 0 Å². The van der Waals surface area contributed by atoms with Gasteiger partial charge in [0.05, 0.1) is 0 Å². The zero-order valence-corrected chi connectivity index (χ0v) is 56.8. The van der Waals surface area contributed by atoms with Gasteiger partial charge in [0.2, 0.25) is 0 Å². The molecule has 0 fully saturated rings. The first-order valence-corrected chi connectivity index (χ1v) is 36.3. The van der Waals surface area contributed by atoms with E-state index < -0.39 is 0 Å². The minimum absolute atomic E-state index is 1.30. The Kier molecular flexibility index (Phi) is 12.9. The second-order valence-electron chi connectivity index (χ2n) is 28.4. The lowest BCUT2D eigenvalue weighted by atomic mass is 9.91. The topological polar surface area (TPSA) is 0 Å². The van der Waals surface area contributed by atoms with Gasteiger partial charge in [0.15, 0.2) is 0 Å². The summed E-state index contributed by atoms with van der Waals surface area (Å²) >= 11 is 0. The molecule has 0 bridgehead atoms. The molecule has 0 amide bonds. The number of rotatable bonds is 0. The fourth-order valence-electron chi connectivity index (χ4n) is 18.3. The van der Waals surface area contributed by atoms with E-state index in [1.165, 1.54) is 228 Å². The van der Waals surface area contributed by atoms with Crippen molar-refractivity contribution in [3.05, 3.63) is 376 Å². The van der Waals surface area contributed by atoms with Gasteiger partial charge in [-0.05, 0) is 271 Å². The molecule has 0 radical (unpaired) electrons. The van der Waals surface area contributed by atoms with Crippen molar-refractivity contribution in [2.45, 2.75) is 0 Å².